The first-order valence-electron chi connectivity index (χ1n) is 8.42. The number of hydrogen-bond donors (Lipinski definition) is 0. The van der Waals surface area contributed by atoms with Crippen LogP contribution >= 0.6 is 11.6 Å². The third kappa shape index (κ3) is 5.05. The van der Waals surface area contributed by atoms with Crippen molar-refractivity contribution in [2.75, 3.05) is 26.2 Å². The van der Waals surface area contributed by atoms with Crippen molar-refractivity contribution in [3.8, 4) is 17.2 Å². The molecule has 3 nitrogen and oxygen atoms in total. The second kappa shape index (κ2) is 8.18. The number of alkyl halides is 3. The van der Waals surface area contributed by atoms with Crippen LogP contribution in [0.25, 0.3) is 0 Å². The summed E-state index contributed by atoms with van der Waals surface area (Å²) < 4.78 is 50.1. The van der Waals surface area contributed by atoms with Crippen LogP contribution < -0.4 is 9.47 Å². The van der Waals surface area contributed by atoms with Gasteiger partial charge in [-0.1, -0.05) is 17.7 Å². The molecule has 140 valence electrons. The smallest absolute Gasteiger partial charge is 0.417 e. The SMILES string of the molecule is FC(F)(F)c1cc(Oc2cccc(OCCN3CCCC3)c2)ccc1Cl. The molecule has 0 saturated carbocycles. The molecule has 1 fully saturated rings. The van der Waals surface area contributed by atoms with E-state index in [4.69, 9.17) is 21.1 Å². The molecular formula is C19H19ClF3NO2. The van der Waals surface area contributed by atoms with Crippen molar-refractivity contribution in [1.29, 1.82) is 0 Å². The van der Waals surface area contributed by atoms with Gasteiger partial charge < -0.3 is 9.47 Å². The van der Waals surface area contributed by atoms with Crippen molar-refractivity contribution in [1.82, 2.24) is 4.90 Å². The molecule has 1 saturated heterocycles. The first-order chi connectivity index (χ1) is 12.4. The van der Waals surface area contributed by atoms with E-state index in [0.29, 0.717) is 18.1 Å². The summed E-state index contributed by atoms with van der Waals surface area (Å²) in [4.78, 5) is 2.34. The van der Waals surface area contributed by atoms with Crippen molar-refractivity contribution in [3.05, 3.63) is 53.1 Å². The van der Waals surface area contributed by atoms with Crippen LogP contribution in [0.15, 0.2) is 42.5 Å². The van der Waals surface area contributed by atoms with Gasteiger partial charge in [0.05, 0.1) is 10.6 Å². The molecule has 0 bridgehead atoms. The lowest BCUT2D eigenvalue weighted by atomic mass is 10.2. The van der Waals surface area contributed by atoms with Gasteiger partial charge in [-0.15, -0.1) is 0 Å². The fourth-order valence-electron chi connectivity index (χ4n) is 2.85. The molecule has 1 heterocycles. The lowest BCUT2D eigenvalue weighted by Crippen LogP contribution is -2.25. The van der Waals surface area contributed by atoms with Crippen LogP contribution in [0.2, 0.25) is 5.02 Å². The summed E-state index contributed by atoms with van der Waals surface area (Å²) in [5, 5.41) is -0.358. The van der Waals surface area contributed by atoms with E-state index < -0.39 is 11.7 Å². The second-order valence-electron chi connectivity index (χ2n) is 6.11. The highest BCUT2D eigenvalue weighted by molar-refractivity contribution is 6.31. The molecule has 3 rings (SSSR count). The molecule has 1 aliphatic rings. The standard InChI is InChI=1S/C19H19ClF3NO2/c20-18-7-6-16(13-17(18)19(21,22)23)26-15-5-3-4-14(12-15)25-11-10-24-8-1-2-9-24/h3-7,12-13H,1-2,8-11H2. The minimum absolute atomic E-state index is 0.0657. The molecule has 0 aromatic heterocycles. The third-order valence-electron chi connectivity index (χ3n) is 4.16. The van der Waals surface area contributed by atoms with Gasteiger partial charge >= 0.3 is 6.18 Å². The maximum absolute atomic E-state index is 12.9. The molecule has 2 aromatic rings. The third-order valence-corrected chi connectivity index (χ3v) is 4.49. The monoisotopic (exact) mass is 385 g/mol. The number of benzene rings is 2. The van der Waals surface area contributed by atoms with E-state index in [1.165, 1.54) is 25.0 Å². The van der Waals surface area contributed by atoms with Crippen LogP contribution in [0.3, 0.4) is 0 Å². The normalized spacial score (nSPS) is 15.2. The summed E-state index contributed by atoms with van der Waals surface area (Å²) in [7, 11) is 0. The zero-order chi connectivity index (χ0) is 18.6. The summed E-state index contributed by atoms with van der Waals surface area (Å²) in [5.41, 5.74) is -0.922. The van der Waals surface area contributed by atoms with Crippen molar-refractivity contribution >= 4 is 11.6 Å². The van der Waals surface area contributed by atoms with Crippen LogP contribution in [-0.2, 0) is 6.18 Å². The Morgan fingerprint density at radius 3 is 2.38 bits per heavy atom. The number of rotatable bonds is 6. The van der Waals surface area contributed by atoms with Crippen molar-refractivity contribution < 1.29 is 22.6 Å². The molecule has 0 atom stereocenters. The fraction of sp³-hybridized carbons (Fsp3) is 0.368. The Morgan fingerprint density at radius 2 is 1.65 bits per heavy atom. The Balaban J connectivity index is 1.63. The summed E-state index contributed by atoms with van der Waals surface area (Å²) in [6, 6.07) is 10.3. The fourth-order valence-corrected chi connectivity index (χ4v) is 3.07. The highest BCUT2D eigenvalue weighted by Gasteiger charge is 2.33. The van der Waals surface area contributed by atoms with E-state index in [9.17, 15) is 13.2 Å². The van der Waals surface area contributed by atoms with E-state index >= 15 is 0 Å². The summed E-state index contributed by atoms with van der Waals surface area (Å²) >= 11 is 5.62. The lowest BCUT2D eigenvalue weighted by Gasteiger charge is -2.15. The molecule has 2 aromatic carbocycles. The van der Waals surface area contributed by atoms with Crippen molar-refractivity contribution in [2.45, 2.75) is 19.0 Å². The Kier molecular flexibility index (Phi) is 5.94. The van der Waals surface area contributed by atoms with Crippen molar-refractivity contribution in [2.24, 2.45) is 0 Å². The lowest BCUT2D eigenvalue weighted by molar-refractivity contribution is -0.137. The summed E-state index contributed by atoms with van der Waals surface area (Å²) in [6.07, 6.45) is -2.08. The first kappa shape index (κ1) is 18.9. The predicted molar refractivity (Wildman–Crippen MR) is 94.1 cm³/mol. The van der Waals surface area contributed by atoms with Crippen LogP contribution in [0.5, 0.6) is 17.2 Å². The Hall–Kier alpha value is -1.92. The highest BCUT2D eigenvalue weighted by atomic mass is 35.5. The minimum Gasteiger partial charge on any atom is -0.492 e. The van der Waals surface area contributed by atoms with Gasteiger partial charge in [-0.2, -0.15) is 13.2 Å². The van der Waals surface area contributed by atoms with Gasteiger partial charge in [-0.3, -0.25) is 4.90 Å². The van der Waals surface area contributed by atoms with Crippen LogP contribution in [0.4, 0.5) is 13.2 Å². The van der Waals surface area contributed by atoms with Crippen molar-refractivity contribution in [3.63, 3.8) is 0 Å². The zero-order valence-corrected chi connectivity index (χ0v) is 14.8. The van der Waals surface area contributed by atoms with E-state index in [0.717, 1.165) is 25.7 Å². The van der Waals surface area contributed by atoms with E-state index in [2.05, 4.69) is 4.90 Å². The van der Waals surface area contributed by atoms with Gasteiger partial charge in [-0.25, -0.2) is 0 Å². The number of likely N-dealkylation sites (tertiary alicyclic amines) is 1. The van der Waals surface area contributed by atoms with E-state index in [1.807, 2.05) is 0 Å². The van der Waals surface area contributed by atoms with Gasteiger partial charge in [0.25, 0.3) is 0 Å². The number of ether oxygens (including phenoxy) is 2. The molecule has 7 heteroatoms. The molecule has 26 heavy (non-hydrogen) atoms. The zero-order valence-electron chi connectivity index (χ0n) is 14.1. The van der Waals surface area contributed by atoms with E-state index in [1.54, 1.807) is 24.3 Å². The predicted octanol–water partition coefficient (Wildman–Crippen LogP) is 5.63. The maximum Gasteiger partial charge on any atom is 0.417 e. The van der Waals surface area contributed by atoms with Crippen LogP contribution in [-0.4, -0.2) is 31.1 Å². The van der Waals surface area contributed by atoms with Gasteiger partial charge in [-0.05, 0) is 56.3 Å². The number of nitrogens with zero attached hydrogens (tertiary/aromatic N) is 1. The highest BCUT2D eigenvalue weighted by Crippen LogP contribution is 2.37. The number of halogens is 4. The first-order valence-corrected chi connectivity index (χ1v) is 8.79. The Bertz CT molecular complexity index is 746. The van der Waals surface area contributed by atoms with Gasteiger partial charge in [0.2, 0.25) is 0 Å². The molecule has 0 N–H and O–H groups in total. The van der Waals surface area contributed by atoms with Crippen LogP contribution in [0.1, 0.15) is 18.4 Å². The molecule has 0 radical (unpaired) electrons. The molecule has 0 unspecified atom stereocenters. The molecule has 0 aliphatic carbocycles. The largest absolute Gasteiger partial charge is 0.492 e. The second-order valence-corrected chi connectivity index (χ2v) is 6.52. The van der Waals surface area contributed by atoms with Gasteiger partial charge in [0, 0.05) is 12.6 Å². The molecule has 1 aliphatic heterocycles. The number of hydrogen-bond acceptors (Lipinski definition) is 3. The average molecular weight is 386 g/mol. The molecule has 0 spiro atoms. The topological polar surface area (TPSA) is 21.7 Å². The quantitative estimate of drug-likeness (QED) is 0.643. The Labute approximate surface area is 155 Å². The minimum atomic E-state index is -4.53. The van der Waals surface area contributed by atoms with Gasteiger partial charge in [0.1, 0.15) is 23.9 Å². The summed E-state index contributed by atoms with van der Waals surface area (Å²) in [6.45, 7) is 3.62. The molecular weight excluding hydrogens is 367 g/mol. The molecule has 0 amide bonds. The Morgan fingerprint density at radius 1 is 0.962 bits per heavy atom. The maximum atomic E-state index is 12.9. The van der Waals surface area contributed by atoms with Gasteiger partial charge in [0.15, 0.2) is 0 Å². The summed E-state index contributed by atoms with van der Waals surface area (Å²) in [5.74, 6) is 1.08. The average Bonchev–Trinajstić information content (AvgIpc) is 3.09. The van der Waals surface area contributed by atoms with E-state index in [-0.39, 0.29) is 10.8 Å². The van der Waals surface area contributed by atoms with Crippen LogP contribution in [0, 0.1) is 0 Å².